The van der Waals surface area contributed by atoms with Crippen molar-refractivity contribution in [2.45, 2.75) is 52.6 Å². The summed E-state index contributed by atoms with van der Waals surface area (Å²) in [5.74, 6) is -0.151. The first-order chi connectivity index (χ1) is 6.74. The Morgan fingerprint density at radius 1 is 1.21 bits per heavy atom. The molecule has 0 amide bonds. The van der Waals surface area contributed by atoms with E-state index in [1.165, 1.54) is 0 Å². The minimum atomic E-state index is -0.151. The summed E-state index contributed by atoms with van der Waals surface area (Å²) < 4.78 is 10.3. The van der Waals surface area contributed by atoms with E-state index in [1.807, 2.05) is 13.8 Å². The van der Waals surface area contributed by atoms with Gasteiger partial charge in [0, 0.05) is 6.61 Å². The molecule has 1 unspecified atom stereocenters. The Morgan fingerprint density at radius 3 is 2.43 bits per heavy atom. The van der Waals surface area contributed by atoms with Crippen molar-refractivity contribution in [2.24, 2.45) is 0 Å². The summed E-state index contributed by atoms with van der Waals surface area (Å²) in [6.45, 7) is 7.01. The molecule has 0 aliphatic carbocycles. The summed E-state index contributed by atoms with van der Waals surface area (Å²) in [7, 11) is 0. The van der Waals surface area contributed by atoms with Gasteiger partial charge in [-0.25, -0.2) is 0 Å². The van der Waals surface area contributed by atoms with Crippen LogP contribution in [0.4, 0.5) is 0 Å². The number of esters is 1. The Hall–Kier alpha value is -0.570. The summed E-state index contributed by atoms with van der Waals surface area (Å²) >= 11 is 0. The van der Waals surface area contributed by atoms with Gasteiger partial charge >= 0.3 is 5.97 Å². The molecule has 0 aliphatic rings. The van der Waals surface area contributed by atoms with Crippen LogP contribution in [0.2, 0.25) is 0 Å². The molecular formula is C11H22O3. The second-order valence-electron chi connectivity index (χ2n) is 3.23. The van der Waals surface area contributed by atoms with Crippen molar-refractivity contribution in [2.75, 3.05) is 13.2 Å². The van der Waals surface area contributed by atoms with Gasteiger partial charge in [-0.15, -0.1) is 0 Å². The first kappa shape index (κ1) is 13.4. The third kappa shape index (κ3) is 6.89. The van der Waals surface area contributed by atoms with Crippen LogP contribution in [0.15, 0.2) is 0 Å². The van der Waals surface area contributed by atoms with Crippen LogP contribution in [0, 0.1) is 0 Å². The van der Waals surface area contributed by atoms with Crippen molar-refractivity contribution in [1.82, 2.24) is 0 Å². The standard InChI is InChI=1S/C11H22O3/c1-4-7-8-10(13-5-2)9-11(12)14-6-3/h10H,4-9H2,1-3H3. The van der Waals surface area contributed by atoms with Crippen molar-refractivity contribution in [1.29, 1.82) is 0 Å². The molecule has 0 aromatic rings. The molecular weight excluding hydrogens is 180 g/mol. The Balaban J connectivity index is 3.75. The smallest absolute Gasteiger partial charge is 0.308 e. The predicted molar refractivity (Wildman–Crippen MR) is 56.2 cm³/mol. The van der Waals surface area contributed by atoms with E-state index in [1.54, 1.807) is 0 Å². The molecule has 0 aliphatic heterocycles. The number of rotatable bonds is 8. The van der Waals surface area contributed by atoms with Crippen LogP contribution in [0.5, 0.6) is 0 Å². The Kier molecular flexibility index (Phi) is 8.64. The third-order valence-electron chi connectivity index (χ3n) is 1.98. The highest BCUT2D eigenvalue weighted by Gasteiger charge is 2.13. The number of hydrogen-bond donors (Lipinski definition) is 0. The summed E-state index contributed by atoms with van der Waals surface area (Å²) in [5.41, 5.74) is 0. The van der Waals surface area contributed by atoms with E-state index in [2.05, 4.69) is 6.92 Å². The lowest BCUT2D eigenvalue weighted by molar-refractivity contribution is -0.146. The second-order valence-corrected chi connectivity index (χ2v) is 3.23. The normalized spacial score (nSPS) is 12.5. The van der Waals surface area contributed by atoms with Crippen molar-refractivity contribution >= 4 is 5.97 Å². The first-order valence-corrected chi connectivity index (χ1v) is 5.51. The van der Waals surface area contributed by atoms with E-state index in [0.717, 1.165) is 19.3 Å². The van der Waals surface area contributed by atoms with Gasteiger partial charge in [-0.2, -0.15) is 0 Å². The van der Waals surface area contributed by atoms with Gasteiger partial charge in [0.15, 0.2) is 0 Å². The zero-order valence-electron chi connectivity index (χ0n) is 9.54. The fourth-order valence-electron chi connectivity index (χ4n) is 1.32. The van der Waals surface area contributed by atoms with Crippen LogP contribution >= 0.6 is 0 Å². The minimum absolute atomic E-state index is 0.0407. The van der Waals surface area contributed by atoms with Crippen LogP contribution in [-0.4, -0.2) is 25.3 Å². The zero-order chi connectivity index (χ0) is 10.8. The van der Waals surface area contributed by atoms with E-state index in [4.69, 9.17) is 9.47 Å². The fourth-order valence-corrected chi connectivity index (χ4v) is 1.32. The molecule has 14 heavy (non-hydrogen) atoms. The molecule has 0 heterocycles. The van der Waals surface area contributed by atoms with Crippen molar-refractivity contribution < 1.29 is 14.3 Å². The van der Waals surface area contributed by atoms with Crippen LogP contribution in [0.1, 0.15) is 46.5 Å². The summed E-state index contributed by atoms with van der Waals surface area (Å²) in [6, 6.07) is 0. The molecule has 0 rings (SSSR count). The van der Waals surface area contributed by atoms with Gasteiger partial charge in [-0.05, 0) is 20.3 Å². The molecule has 0 spiro atoms. The molecule has 1 atom stereocenters. The number of carbonyl (C=O) groups excluding carboxylic acids is 1. The second kappa shape index (κ2) is 9.00. The lowest BCUT2D eigenvalue weighted by Gasteiger charge is -2.15. The average molecular weight is 202 g/mol. The van der Waals surface area contributed by atoms with E-state index in [-0.39, 0.29) is 12.1 Å². The van der Waals surface area contributed by atoms with Crippen LogP contribution in [-0.2, 0) is 14.3 Å². The lowest BCUT2D eigenvalue weighted by Crippen LogP contribution is -2.19. The minimum Gasteiger partial charge on any atom is -0.466 e. The largest absolute Gasteiger partial charge is 0.466 e. The summed E-state index contributed by atoms with van der Waals surface area (Å²) in [6.07, 6.45) is 3.61. The van der Waals surface area contributed by atoms with E-state index in [9.17, 15) is 4.79 Å². The van der Waals surface area contributed by atoms with E-state index >= 15 is 0 Å². The zero-order valence-corrected chi connectivity index (χ0v) is 9.54. The highest BCUT2D eigenvalue weighted by atomic mass is 16.5. The van der Waals surface area contributed by atoms with Gasteiger partial charge in [-0.1, -0.05) is 19.8 Å². The van der Waals surface area contributed by atoms with Crippen molar-refractivity contribution in [3.8, 4) is 0 Å². The molecule has 0 aromatic carbocycles. The number of unbranched alkanes of at least 4 members (excludes halogenated alkanes) is 1. The summed E-state index contributed by atoms with van der Waals surface area (Å²) in [5, 5.41) is 0. The van der Waals surface area contributed by atoms with Gasteiger partial charge in [0.05, 0.1) is 19.1 Å². The van der Waals surface area contributed by atoms with E-state index < -0.39 is 0 Å². The van der Waals surface area contributed by atoms with Gasteiger partial charge in [0.25, 0.3) is 0 Å². The summed E-state index contributed by atoms with van der Waals surface area (Å²) in [4.78, 5) is 11.2. The molecule has 0 saturated carbocycles. The molecule has 0 bridgehead atoms. The fraction of sp³-hybridized carbons (Fsp3) is 0.909. The molecule has 0 fully saturated rings. The molecule has 0 N–H and O–H groups in total. The maximum Gasteiger partial charge on any atom is 0.308 e. The van der Waals surface area contributed by atoms with Gasteiger partial charge in [0.2, 0.25) is 0 Å². The van der Waals surface area contributed by atoms with Gasteiger partial charge in [0.1, 0.15) is 0 Å². The first-order valence-electron chi connectivity index (χ1n) is 5.51. The monoisotopic (exact) mass is 202 g/mol. The highest BCUT2D eigenvalue weighted by molar-refractivity contribution is 5.69. The molecule has 3 heteroatoms. The van der Waals surface area contributed by atoms with Crippen molar-refractivity contribution in [3.63, 3.8) is 0 Å². The van der Waals surface area contributed by atoms with Crippen LogP contribution in [0.25, 0.3) is 0 Å². The Bertz CT molecular complexity index is 145. The molecule has 0 saturated heterocycles. The maximum absolute atomic E-state index is 11.2. The SMILES string of the molecule is CCCCC(CC(=O)OCC)OCC. The predicted octanol–water partition coefficient (Wildman–Crippen LogP) is 2.53. The van der Waals surface area contributed by atoms with Gasteiger partial charge in [-0.3, -0.25) is 4.79 Å². The molecule has 0 radical (unpaired) electrons. The average Bonchev–Trinajstić information content (AvgIpc) is 2.15. The molecule has 3 nitrogen and oxygen atoms in total. The number of carbonyl (C=O) groups is 1. The lowest BCUT2D eigenvalue weighted by atomic mass is 10.1. The van der Waals surface area contributed by atoms with Crippen molar-refractivity contribution in [3.05, 3.63) is 0 Å². The number of ether oxygens (including phenoxy) is 2. The Morgan fingerprint density at radius 2 is 1.93 bits per heavy atom. The maximum atomic E-state index is 11.2. The highest BCUT2D eigenvalue weighted by Crippen LogP contribution is 2.09. The van der Waals surface area contributed by atoms with Gasteiger partial charge < -0.3 is 9.47 Å². The topological polar surface area (TPSA) is 35.5 Å². The quantitative estimate of drug-likeness (QED) is 0.567. The van der Waals surface area contributed by atoms with Crippen LogP contribution < -0.4 is 0 Å². The molecule has 0 aromatic heterocycles. The number of hydrogen-bond acceptors (Lipinski definition) is 3. The van der Waals surface area contributed by atoms with E-state index in [0.29, 0.717) is 19.6 Å². The Labute approximate surface area is 86.8 Å². The molecule has 84 valence electrons. The third-order valence-corrected chi connectivity index (χ3v) is 1.98. The van der Waals surface area contributed by atoms with Crippen LogP contribution in [0.3, 0.4) is 0 Å².